The second kappa shape index (κ2) is 8.24. The van der Waals surface area contributed by atoms with E-state index in [4.69, 9.17) is 9.52 Å². The Balaban J connectivity index is 1.67. The maximum Gasteiger partial charge on any atom is 0.392 e. The average molecular weight is 407 g/mol. The van der Waals surface area contributed by atoms with E-state index in [0.29, 0.717) is 34.8 Å². The summed E-state index contributed by atoms with van der Waals surface area (Å²) in [6.07, 6.45) is 1.45. The molecule has 0 aliphatic heterocycles. The van der Waals surface area contributed by atoms with E-state index in [0.717, 1.165) is 17.5 Å². The van der Waals surface area contributed by atoms with Crippen molar-refractivity contribution in [1.29, 1.82) is 0 Å². The smallest absolute Gasteiger partial charge is 0.392 e. The van der Waals surface area contributed by atoms with Crippen LogP contribution in [0.1, 0.15) is 41.0 Å². The average Bonchev–Trinajstić information content (AvgIpc) is 3.40. The quantitative estimate of drug-likeness (QED) is 0.477. The van der Waals surface area contributed by atoms with E-state index in [1.165, 1.54) is 6.07 Å². The van der Waals surface area contributed by atoms with Gasteiger partial charge in [0.1, 0.15) is 11.6 Å². The molecule has 0 bridgehead atoms. The molecule has 30 heavy (non-hydrogen) atoms. The fourth-order valence-electron chi connectivity index (χ4n) is 3.29. The first-order valence-corrected chi connectivity index (χ1v) is 9.40. The Morgan fingerprint density at radius 1 is 1.20 bits per heavy atom. The third-order valence-corrected chi connectivity index (χ3v) is 4.69. The zero-order valence-electron chi connectivity index (χ0n) is 16.1. The van der Waals surface area contributed by atoms with E-state index in [1.807, 2.05) is 31.2 Å². The normalized spacial score (nSPS) is 11.0. The summed E-state index contributed by atoms with van der Waals surface area (Å²) in [6, 6.07) is 12.3. The maximum absolute atomic E-state index is 15.0. The Kier molecular flexibility index (Phi) is 5.34. The summed E-state index contributed by atoms with van der Waals surface area (Å²) >= 11 is 0. The van der Waals surface area contributed by atoms with Gasteiger partial charge in [0.05, 0.1) is 5.69 Å². The van der Waals surface area contributed by atoms with E-state index < -0.39 is 11.8 Å². The number of aromatic nitrogens is 5. The number of rotatable bonds is 7. The summed E-state index contributed by atoms with van der Waals surface area (Å²) in [7, 11) is 0. The number of hydrogen-bond donors (Lipinski definition) is 2. The van der Waals surface area contributed by atoms with Crippen LogP contribution in [-0.4, -0.2) is 36.7 Å². The van der Waals surface area contributed by atoms with Gasteiger partial charge in [0, 0.05) is 12.0 Å². The number of aromatic amines is 1. The maximum atomic E-state index is 15.0. The standard InChI is InChI=1S/C21H18FN5O3/c1-2-5-17-18(30-20(23-17)21(28)29)11-13-9-8-12(10-16(13)22)14-6-3-4-7-15(14)19-24-26-27-25-19/h3-4,6-10H,2,5,11H2,1H3,(H,28,29)(H,24,25,26,27). The molecule has 0 radical (unpaired) electrons. The van der Waals surface area contributed by atoms with Crippen LogP contribution in [0.4, 0.5) is 4.39 Å². The third-order valence-electron chi connectivity index (χ3n) is 4.69. The van der Waals surface area contributed by atoms with Crippen molar-refractivity contribution in [3.63, 3.8) is 0 Å². The number of aryl methyl sites for hydroxylation is 1. The van der Waals surface area contributed by atoms with Crippen LogP contribution in [0.25, 0.3) is 22.5 Å². The van der Waals surface area contributed by atoms with Crippen molar-refractivity contribution in [2.75, 3.05) is 0 Å². The topological polar surface area (TPSA) is 118 Å². The lowest BCUT2D eigenvalue weighted by molar-refractivity contribution is 0.0652. The van der Waals surface area contributed by atoms with Crippen LogP contribution in [0.5, 0.6) is 0 Å². The Bertz CT molecular complexity index is 1190. The number of carbonyl (C=O) groups is 1. The Morgan fingerprint density at radius 3 is 2.67 bits per heavy atom. The molecular weight excluding hydrogens is 389 g/mol. The number of H-pyrrole nitrogens is 1. The lowest BCUT2D eigenvalue weighted by Crippen LogP contribution is -1.97. The third kappa shape index (κ3) is 3.82. The van der Waals surface area contributed by atoms with Crippen molar-refractivity contribution in [2.45, 2.75) is 26.2 Å². The number of aromatic carboxylic acids is 1. The van der Waals surface area contributed by atoms with Crippen molar-refractivity contribution < 1.29 is 18.7 Å². The predicted molar refractivity (Wildman–Crippen MR) is 105 cm³/mol. The molecule has 8 nitrogen and oxygen atoms in total. The van der Waals surface area contributed by atoms with Crippen LogP contribution in [0.3, 0.4) is 0 Å². The summed E-state index contributed by atoms with van der Waals surface area (Å²) < 4.78 is 20.3. The summed E-state index contributed by atoms with van der Waals surface area (Å²) in [5.74, 6) is -1.18. The van der Waals surface area contributed by atoms with Crippen LogP contribution < -0.4 is 0 Å². The first-order valence-electron chi connectivity index (χ1n) is 9.40. The summed E-state index contributed by atoms with van der Waals surface area (Å²) in [4.78, 5) is 15.2. The number of nitrogens with zero attached hydrogens (tertiary/aromatic N) is 4. The fraction of sp³-hybridized carbons (Fsp3) is 0.190. The van der Waals surface area contributed by atoms with Gasteiger partial charge in [0.25, 0.3) is 0 Å². The fourth-order valence-corrected chi connectivity index (χ4v) is 3.29. The minimum absolute atomic E-state index is 0.120. The highest BCUT2D eigenvalue weighted by Gasteiger charge is 2.19. The summed E-state index contributed by atoms with van der Waals surface area (Å²) in [5, 5.41) is 23.0. The van der Waals surface area contributed by atoms with E-state index in [2.05, 4.69) is 25.6 Å². The molecule has 0 aliphatic carbocycles. The minimum Gasteiger partial charge on any atom is -0.474 e. The van der Waals surface area contributed by atoms with E-state index in [1.54, 1.807) is 12.1 Å². The monoisotopic (exact) mass is 407 g/mol. The number of tetrazole rings is 1. The van der Waals surface area contributed by atoms with Gasteiger partial charge in [0.15, 0.2) is 5.82 Å². The molecule has 2 N–H and O–H groups in total. The highest BCUT2D eigenvalue weighted by Crippen LogP contribution is 2.31. The van der Waals surface area contributed by atoms with E-state index in [9.17, 15) is 9.18 Å². The highest BCUT2D eigenvalue weighted by molar-refractivity contribution is 5.82. The van der Waals surface area contributed by atoms with Crippen LogP contribution in [0.15, 0.2) is 46.9 Å². The molecule has 0 spiro atoms. The minimum atomic E-state index is -1.24. The molecule has 2 aromatic heterocycles. The van der Waals surface area contributed by atoms with Crippen molar-refractivity contribution in [3.05, 3.63) is 71.2 Å². The van der Waals surface area contributed by atoms with Gasteiger partial charge in [-0.15, -0.1) is 5.10 Å². The largest absolute Gasteiger partial charge is 0.474 e. The van der Waals surface area contributed by atoms with Crippen molar-refractivity contribution in [1.82, 2.24) is 25.6 Å². The van der Waals surface area contributed by atoms with Gasteiger partial charge < -0.3 is 9.52 Å². The molecule has 0 aliphatic rings. The van der Waals surface area contributed by atoms with Gasteiger partial charge in [0.2, 0.25) is 0 Å². The number of halogens is 1. The Labute approximate surface area is 170 Å². The molecule has 0 saturated carbocycles. The van der Waals surface area contributed by atoms with E-state index in [-0.39, 0.29) is 12.3 Å². The van der Waals surface area contributed by atoms with Crippen LogP contribution in [0, 0.1) is 5.82 Å². The molecule has 0 fully saturated rings. The molecule has 9 heteroatoms. The predicted octanol–water partition coefficient (Wildman–Crippen LogP) is 3.90. The molecule has 0 atom stereocenters. The van der Waals surface area contributed by atoms with Crippen molar-refractivity contribution in [3.8, 4) is 22.5 Å². The molecule has 4 aromatic rings. The number of oxazole rings is 1. The van der Waals surface area contributed by atoms with Gasteiger partial charge >= 0.3 is 11.9 Å². The van der Waals surface area contributed by atoms with Crippen molar-refractivity contribution in [2.24, 2.45) is 0 Å². The Morgan fingerprint density at radius 2 is 2.00 bits per heavy atom. The molecule has 2 heterocycles. The molecule has 152 valence electrons. The van der Waals surface area contributed by atoms with Gasteiger partial charge in [-0.1, -0.05) is 49.7 Å². The van der Waals surface area contributed by atoms with E-state index >= 15 is 0 Å². The SMILES string of the molecule is CCCc1nc(C(=O)O)oc1Cc1ccc(-c2ccccc2-c2nnn[nH]2)cc1F. The molecular formula is C21H18FN5O3. The van der Waals surface area contributed by atoms with Crippen LogP contribution >= 0.6 is 0 Å². The number of benzene rings is 2. The first-order chi connectivity index (χ1) is 14.6. The van der Waals surface area contributed by atoms with Gasteiger partial charge in [-0.05, 0) is 39.6 Å². The molecule has 4 rings (SSSR count). The van der Waals surface area contributed by atoms with Crippen LogP contribution in [0.2, 0.25) is 0 Å². The Hall–Kier alpha value is -3.88. The molecule has 0 saturated heterocycles. The highest BCUT2D eigenvalue weighted by atomic mass is 19.1. The second-order valence-corrected chi connectivity index (χ2v) is 6.72. The van der Waals surface area contributed by atoms with Gasteiger partial charge in [-0.25, -0.2) is 19.3 Å². The van der Waals surface area contributed by atoms with Crippen LogP contribution in [-0.2, 0) is 12.8 Å². The zero-order chi connectivity index (χ0) is 21.1. The lowest BCUT2D eigenvalue weighted by atomic mass is 9.97. The van der Waals surface area contributed by atoms with Gasteiger partial charge in [-0.3, -0.25) is 0 Å². The van der Waals surface area contributed by atoms with Gasteiger partial charge in [-0.2, -0.15) is 0 Å². The molecule has 0 unspecified atom stereocenters. The second-order valence-electron chi connectivity index (χ2n) is 6.72. The molecule has 2 aromatic carbocycles. The zero-order valence-corrected chi connectivity index (χ0v) is 16.1. The number of hydrogen-bond acceptors (Lipinski definition) is 6. The number of carboxylic acid groups (broad SMARTS) is 1. The molecule has 0 amide bonds. The number of carboxylic acids is 1. The number of nitrogens with one attached hydrogen (secondary N) is 1. The first kappa shape index (κ1) is 19.4. The summed E-state index contributed by atoms with van der Waals surface area (Å²) in [6.45, 7) is 1.95. The lowest BCUT2D eigenvalue weighted by Gasteiger charge is -2.09. The van der Waals surface area contributed by atoms with Crippen molar-refractivity contribution >= 4 is 5.97 Å². The summed E-state index contributed by atoms with van der Waals surface area (Å²) in [5.41, 5.74) is 3.13.